The van der Waals surface area contributed by atoms with Crippen molar-refractivity contribution in [2.75, 3.05) is 45.1 Å². The minimum Gasteiger partial charge on any atom is -0.397 e. The molecular formula is C21H27ClN4O2. The fraction of sp³-hybridized carbons (Fsp3) is 0.524. The lowest BCUT2D eigenvalue weighted by Gasteiger charge is -2.33. The predicted octanol–water partition coefficient (Wildman–Crippen LogP) is 2.95. The molecule has 7 heteroatoms. The van der Waals surface area contributed by atoms with Crippen LogP contribution in [-0.4, -0.2) is 55.2 Å². The molecule has 2 aliphatic rings. The topological polar surface area (TPSA) is 80.5 Å². The maximum Gasteiger partial charge on any atom is 0.253 e. The Bertz CT molecular complexity index is 846. The van der Waals surface area contributed by atoms with Crippen LogP contribution in [0.3, 0.4) is 0 Å². The molecule has 0 saturated carbocycles. The number of hydrogen-bond acceptors (Lipinski definition) is 5. The van der Waals surface area contributed by atoms with E-state index in [9.17, 15) is 4.79 Å². The van der Waals surface area contributed by atoms with Gasteiger partial charge in [0.2, 0.25) is 0 Å². The predicted molar refractivity (Wildman–Crippen MR) is 112 cm³/mol. The summed E-state index contributed by atoms with van der Waals surface area (Å²) >= 11 is 6.22. The molecule has 2 saturated heterocycles. The lowest BCUT2D eigenvalue weighted by molar-refractivity contribution is 0.0933. The van der Waals surface area contributed by atoms with Gasteiger partial charge in [-0.05, 0) is 62.4 Å². The normalized spacial score (nSPS) is 21.2. The summed E-state index contributed by atoms with van der Waals surface area (Å²) in [7, 11) is 0. The maximum absolute atomic E-state index is 12.8. The van der Waals surface area contributed by atoms with Crippen molar-refractivity contribution in [3.8, 4) is 0 Å². The van der Waals surface area contributed by atoms with Crippen LogP contribution in [0.25, 0.3) is 10.9 Å². The number of nitrogen functional groups attached to an aromatic ring is 1. The van der Waals surface area contributed by atoms with E-state index in [-0.39, 0.29) is 5.91 Å². The van der Waals surface area contributed by atoms with Gasteiger partial charge >= 0.3 is 0 Å². The first-order valence-electron chi connectivity index (χ1n) is 10.0. The SMILES string of the molecule is Nc1c(Cl)cc(C(=O)NCC2CCN(C[C@@H]3CCOC3)CC2)c2ncccc12. The number of nitrogens with one attached hydrogen (secondary N) is 1. The van der Waals surface area contributed by atoms with Crippen LogP contribution in [0.2, 0.25) is 5.02 Å². The van der Waals surface area contributed by atoms with Crippen molar-refractivity contribution in [2.24, 2.45) is 11.8 Å². The molecule has 3 N–H and O–H groups in total. The Labute approximate surface area is 170 Å². The molecule has 0 radical (unpaired) electrons. The largest absolute Gasteiger partial charge is 0.397 e. The van der Waals surface area contributed by atoms with Gasteiger partial charge in [0, 0.05) is 31.3 Å². The zero-order chi connectivity index (χ0) is 19.5. The minimum atomic E-state index is -0.142. The van der Waals surface area contributed by atoms with Crippen LogP contribution in [0.4, 0.5) is 5.69 Å². The van der Waals surface area contributed by atoms with E-state index in [0.717, 1.165) is 45.7 Å². The van der Waals surface area contributed by atoms with Gasteiger partial charge in [0.15, 0.2) is 0 Å². The number of halogens is 1. The molecule has 4 rings (SSSR count). The second-order valence-corrected chi connectivity index (χ2v) is 8.31. The Balaban J connectivity index is 1.33. The molecular weight excluding hydrogens is 376 g/mol. The van der Waals surface area contributed by atoms with Crippen molar-refractivity contribution in [3.63, 3.8) is 0 Å². The molecule has 0 spiro atoms. The third kappa shape index (κ3) is 4.24. The van der Waals surface area contributed by atoms with E-state index < -0.39 is 0 Å². The number of hydrogen-bond donors (Lipinski definition) is 2. The fourth-order valence-corrected chi connectivity index (χ4v) is 4.42. The summed E-state index contributed by atoms with van der Waals surface area (Å²) in [6.07, 6.45) is 5.06. The van der Waals surface area contributed by atoms with Gasteiger partial charge in [0.1, 0.15) is 0 Å². The Morgan fingerprint density at radius 3 is 2.89 bits per heavy atom. The highest BCUT2D eigenvalue weighted by Gasteiger charge is 2.24. The molecule has 0 unspecified atom stereocenters. The maximum atomic E-state index is 12.8. The molecule has 1 aromatic carbocycles. The van der Waals surface area contributed by atoms with Gasteiger partial charge in [-0.15, -0.1) is 0 Å². The number of nitrogens with two attached hydrogens (primary N) is 1. The summed E-state index contributed by atoms with van der Waals surface area (Å²) < 4.78 is 5.48. The van der Waals surface area contributed by atoms with E-state index >= 15 is 0 Å². The number of carbonyl (C=O) groups excluding carboxylic acids is 1. The van der Waals surface area contributed by atoms with Gasteiger partial charge in [0.05, 0.1) is 28.4 Å². The number of piperidine rings is 1. The van der Waals surface area contributed by atoms with E-state index in [0.29, 0.717) is 45.6 Å². The van der Waals surface area contributed by atoms with Crippen LogP contribution in [0.1, 0.15) is 29.6 Å². The van der Waals surface area contributed by atoms with Crippen LogP contribution in [0.5, 0.6) is 0 Å². The molecule has 150 valence electrons. The molecule has 1 atom stereocenters. The molecule has 28 heavy (non-hydrogen) atoms. The van der Waals surface area contributed by atoms with E-state index in [4.69, 9.17) is 22.1 Å². The summed E-state index contributed by atoms with van der Waals surface area (Å²) in [5.74, 6) is 1.05. The number of amides is 1. The Morgan fingerprint density at radius 1 is 1.32 bits per heavy atom. The number of ether oxygens (including phenoxy) is 1. The fourth-order valence-electron chi connectivity index (χ4n) is 4.21. The van der Waals surface area contributed by atoms with Crippen molar-refractivity contribution in [3.05, 3.63) is 35.0 Å². The number of carbonyl (C=O) groups is 1. The van der Waals surface area contributed by atoms with E-state index in [1.807, 2.05) is 6.07 Å². The molecule has 2 aliphatic heterocycles. The first-order valence-corrected chi connectivity index (χ1v) is 10.4. The highest BCUT2D eigenvalue weighted by molar-refractivity contribution is 6.35. The average molecular weight is 403 g/mol. The third-order valence-corrected chi connectivity index (χ3v) is 6.24. The van der Waals surface area contributed by atoms with Crippen molar-refractivity contribution in [2.45, 2.75) is 19.3 Å². The Hall–Kier alpha value is -1.89. The molecule has 2 fully saturated rings. The highest BCUT2D eigenvalue weighted by Crippen LogP contribution is 2.30. The Morgan fingerprint density at radius 2 is 2.14 bits per heavy atom. The summed E-state index contributed by atoms with van der Waals surface area (Å²) in [5, 5.41) is 4.18. The molecule has 1 amide bonds. The monoisotopic (exact) mass is 402 g/mol. The molecule has 6 nitrogen and oxygen atoms in total. The molecule has 2 aromatic rings. The number of rotatable bonds is 5. The van der Waals surface area contributed by atoms with Gasteiger partial charge in [-0.25, -0.2) is 0 Å². The molecule has 0 bridgehead atoms. The second-order valence-electron chi connectivity index (χ2n) is 7.90. The lowest BCUT2D eigenvalue weighted by Crippen LogP contribution is -2.40. The van der Waals surface area contributed by atoms with Crippen molar-refractivity contribution < 1.29 is 9.53 Å². The summed E-state index contributed by atoms with van der Waals surface area (Å²) in [6.45, 7) is 5.81. The van der Waals surface area contributed by atoms with Gasteiger partial charge < -0.3 is 20.7 Å². The van der Waals surface area contributed by atoms with Gasteiger partial charge in [-0.2, -0.15) is 0 Å². The number of fused-ring (bicyclic) bond motifs is 1. The van der Waals surface area contributed by atoms with Gasteiger partial charge in [-0.1, -0.05) is 11.6 Å². The van der Waals surface area contributed by atoms with Crippen molar-refractivity contribution in [1.82, 2.24) is 15.2 Å². The highest BCUT2D eigenvalue weighted by atomic mass is 35.5. The van der Waals surface area contributed by atoms with E-state index in [1.165, 1.54) is 6.42 Å². The van der Waals surface area contributed by atoms with Crippen LogP contribution >= 0.6 is 11.6 Å². The number of benzene rings is 1. The standard InChI is InChI=1S/C21H27ClN4O2/c22-18-10-17(20-16(19(18)23)2-1-6-24-20)21(27)25-11-14-3-7-26(8-4-14)12-15-5-9-28-13-15/h1-2,6,10,14-15H,3-5,7-9,11-13,23H2,(H,25,27)/t15-/m0/s1. The summed E-state index contributed by atoms with van der Waals surface area (Å²) in [4.78, 5) is 19.7. The second kappa shape index (κ2) is 8.64. The lowest BCUT2D eigenvalue weighted by atomic mass is 9.95. The Kier molecular flexibility index (Phi) is 5.99. The number of anilines is 1. The van der Waals surface area contributed by atoms with Crippen molar-refractivity contribution in [1.29, 1.82) is 0 Å². The number of pyridine rings is 1. The van der Waals surface area contributed by atoms with Crippen LogP contribution in [0.15, 0.2) is 24.4 Å². The zero-order valence-electron chi connectivity index (χ0n) is 16.0. The number of nitrogens with zero attached hydrogens (tertiary/aromatic N) is 2. The smallest absolute Gasteiger partial charge is 0.253 e. The number of likely N-dealkylation sites (tertiary alicyclic amines) is 1. The quantitative estimate of drug-likeness (QED) is 0.751. The average Bonchev–Trinajstić information content (AvgIpc) is 3.23. The zero-order valence-corrected chi connectivity index (χ0v) is 16.8. The van der Waals surface area contributed by atoms with Crippen LogP contribution in [-0.2, 0) is 4.74 Å². The first kappa shape index (κ1) is 19.4. The van der Waals surface area contributed by atoms with Gasteiger partial charge in [0.25, 0.3) is 5.91 Å². The number of aromatic nitrogens is 1. The van der Waals surface area contributed by atoms with E-state index in [2.05, 4.69) is 15.2 Å². The van der Waals surface area contributed by atoms with Crippen LogP contribution < -0.4 is 11.1 Å². The van der Waals surface area contributed by atoms with Crippen LogP contribution in [0, 0.1) is 11.8 Å². The summed E-state index contributed by atoms with van der Waals surface area (Å²) in [5.41, 5.74) is 7.57. The molecule has 1 aromatic heterocycles. The first-order chi connectivity index (χ1) is 13.6. The molecule has 3 heterocycles. The summed E-state index contributed by atoms with van der Waals surface area (Å²) in [6, 6.07) is 5.25. The minimum absolute atomic E-state index is 0.142. The third-order valence-electron chi connectivity index (χ3n) is 5.92. The van der Waals surface area contributed by atoms with Gasteiger partial charge in [-0.3, -0.25) is 9.78 Å². The van der Waals surface area contributed by atoms with E-state index in [1.54, 1.807) is 18.3 Å². The van der Waals surface area contributed by atoms with Crippen molar-refractivity contribution >= 4 is 34.1 Å². The molecule has 0 aliphatic carbocycles.